The summed E-state index contributed by atoms with van der Waals surface area (Å²) in [6.45, 7) is 3.27. The minimum absolute atomic E-state index is 0.481. The average molecular weight is 177 g/mol. The van der Waals surface area contributed by atoms with E-state index in [1.807, 2.05) is 6.07 Å². The second-order valence-electron chi connectivity index (χ2n) is 3.49. The molecule has 1 atom stereocenters. The predicted molar refractivity (Wildman–Crippen MR) is 53.1 cm³/mol. The summed E-state index contributed by atoms with van der Waals surface area (Å²) in [6, 6.07) is 6.81. The van der Waals surface area contributed by atoms with Crippen LogP contribution in [-0.4, -0.2) is 13.7 Å². The van der Waals surface area contributed by atoms with E-state index in [-0.39, 0.29) is 0 Å². The molecule has 0 unspecified atom stereocenters. The van der Waals surface area contributed by atoms with E-state index in [1.54, 1.807) is 7.11 Å². The molecule has 0 bridgehead atoms. The summed E-state index contributed by atoms with van der Waals surface area (Å²) in [4.78, 5) is 0. The Morgan fingerprint density at radius 2 is 2.31 bits per heavy atom. The van der Waals surface area contributed by atoms with E-state index >= 15 is 0 Å². The molecule has 0 spiro atoms. The van der Waals surface area contributed by atoms with Crippen molar-refractivity contribution in [2.45, 2.75) is 19.4 Å². The van der Waals surface area contributed by atoms with Crippen molar-refractivity contribution in [2.75, 3.05) is 13.7 Å². The van der Waals surface area contributed by atoms with Crippen LogP contribution in [0.4, 0.5) is 0 Å². The van der Waals surface area contributed by atoms with Crippen LogP contribution in [0, 0.1) is 0 Å². The van der Waals surface area contributed by atoms with Crippen LogP contribution < -0.4 is 10.1 Å². The Labute approximate surface area is 78.9 Å². The van der Waals surface area contributed by atoms with Crippen LogP contribution >= 0.6 is 0 Å². The molecule has 1 aromatic rings. The minimum atomic E-state index is 0.481. The zero-order valence-electron chi connectivity index (χ0n) is 8.13. The van der Waals surface area contributed by atoms with Crippen molar-refractivity contribution in [3.63, 3.8) is 0 Å². The largest absolute Gasteiger partial charge is 0.497 e. The van der Waals surface area contributed by atoms with Gasteiger partial charge in [0, 0.05) is 6.04 Å². The second kappa shape index (κ2) is 3.38. The number of hydrogen-bond acceptors (Lipinski definition) is 2. The molecule has 1 aromatic carbocycles. The van der Waals surface area contributed by atoms with E-state index in [0.29, 0.717) is 6.04 Å². The van der Waals surface area contributed by atoms with Gasteiger partial charge in [-0.05, 0) is 43.1 Å². The standard InChI is InChI=1S/C11H15NO/c1-8-11-4-3-10(13-2)7-9(11)5-6-12-8/h3-4,7-8,12H,5-6H2,1-2H3/t8-/m1/s1. The van der Waals surface area contributed by atoms with Gasteiger partial charge in [0.25, 0.3) is 0 Å². The highest BCUT2D eigenvalue weighted by atomic mass is 16.5. The molecule has 0 saturated carbocycles. The van der Waals surface area contributed by atoms with Gasteiger partial charge in [-0.3, -0.25) is 0 Å². The molecule has 70 valence electrons. The first-order valence-electron chi connectivity index (χ1n) is 4.71. The zero-order valence-corrected chi connectivity index (χ0v) is 8.13. The van der Waals surface area contributed by atoms with Crippen molar-refractivity contribution in [3.8, 4) is 5.75 Å². The fourth-order valence-electron chi connectivity index (χ4n) is 1.88. The van der Waals surface area contributed by atoms with Crippen LogP contribution in [0.25, 0.3) is 0 Å². The SMILES string of the molecule is COc1ccc2c(c1)CCN[C@@H]2C. The molecule has 13 heavy (non-hydrogen) atoms. The number of benzene rings is 1. The third-order valence-corrected chi connectivity index (χ3v) is 2.66. The first-order chi connectivity index (χ1) is 6.31. The third kappa shape index (κ3) is 1.54. The molecule has 0 fully saturated rings. The maximum Gasteiger partial charge on any atom is 0.119 e. The van der Waals surface area contributed by atoms with Crippen molar-refractivity contribution in [3.05, 3.63) is 29.3 Å². The molecular formula is C11H15NO. The van der Waals surface area contributed by atoms with Gasteiger partial charge in [-0.2, -0.15) is 0 Å². The van der Waals surface area contributed by atoms with Gasteiger partial charge in [0.05, 0.1) is 7.11 Å². The lowest BCUT2D eigenvalue weighted by Gasteiger charge is -2.24. The first-order valence-corrected chi connectivity index (χ1v) is 4.71. The summed E-state index contributed by atoms with van der Waals surface area (Å²) in [5.41, 5.74) is 2.83. The number of nitrogens with one attached hydrogen (secondary N) is 1. The minimum Gasteiger partial charge on any atom is -0.497 e. The van der Waals surface area contributed by atoms with E-state index in [0.717, 1.165) is 18.7 Å². The maximum absolute atomic E-state index is 5.20. The Morgan fingerprint density at radius 1 is 1.46 bits per heavy atom. The lowest BCUT2D eigenvalue weighted by atomic mass is 9.95. The fourth-order valence-corrected chi connectivity index (χ4v) is 1.88. The topological polar surface area (TPSA) is 21.3 Å². The van der Waals surface area contributed by atoms with Gasteiger partial charge in [-0.1, -0.05) is 6.07 Å². The summed E-state index contributed by atoms with van der Waals surface area (Å²) >= 11 is 0. The Kier molecular flexibility index (Phi) is 2.23. The highest BCUT2D eigenvalue weighted by Gasteiger charge is 2.15. The molecular weight excluding hydrogens is 162 g/mol. The molecule has 0 amide bonds. The van der Waals surface area contributed by atoms with Gasteiger partial charge in [0.1, 0.15) is 5.75 Å². The van der Waals surface area contributed by atoms with Gasteiger partial charge in [0.15, 0.2) is 0 Å². The molecule has 2 heteroatoms. The fraction of sp³-hybridized carbons (Fsp3) is 0.455. The second-order valence-corrected chi connectivity index (χ2v) is 3.49. The monoisotopic (exact) mass is 177 g/mol. The Morgan fingerprint density at radius 3 is 3.08 bits per heavy atom. The highest BCUT2D eigenvalue weighted by molar-refractivity contribution is 5.38. The Balaban J connectivity index is 2.39. The van der Waals surface area contributed by atoms with Crippen LogP contribution in [0.1, 0.15) is 24.1 Å². The van der Waals surface area contributed by atoms with E-state index in [1.165, 1.54) is 11.1 Å². The molecule has 0 saturated heterocycles. The summed E-state index contributed by atoms with van der Waals surface area (Å²) < 4.78 is 5.20. The van der Waals surface area contributed by atoms with Crippen molar-refractivity contribution in [2.24, 2.45) is 0 Å². The van der Waals surface area contributed by atoms with Crippen LogP contribution in [0.5, 0.6) is 5.75 Å². The van der Waals surface area contributed by atoms with E-state index in [2.05, 4.69) is 24.4 Å². The van der Waals surface area contributed by atoms with E-state index in [9.17, 15) is 0 Å². The Hall–Kier alpha value is -1.02. The predicted octanol–water partition coefficient (Wildman–Crippen LogP) is 1.90. The summed E-state index contributed by atoms with van der Waals surface area (Å²) in [5, 5.41) is 3.43. The van der Waals surface area contributed by atoms with Crippen LogP contribution in [0.3, 0.4) is 0 Å². The Bertz CT molecular complexity index is 309. The average Bonchev–Trinajstić information content (AvgIpc) is 2.18. The number of methoxy groups -OCH3 is 1. The number of ether oxygens (including phenoxy) is 1. The quantitative estimate of drug-likeness (QED) is 0.707. The molecule has 0 aliphatic carbocycles. The van der Waals surface area contributed by atoms with E-state index in [4.69, 9.17) is 4.74 Å². The number of fused-ring (bicyclic) bond motifs is 1. The van der Waals surface area contributed by atoms with Gasteiger partial charge in [-0.25, -0.2) is 0 Å². The van der Waals surface area contributed by atoms with Crippen molar-refractivity contribution in [1.82, 2.24) is 5.32 Å². The molecule has 1 N–H and O–H groups in total. The van der Waals surface area contributed by atoms with Crippen LogP contribution in [0.15, 0.2) is 18.2 Å². The molecule has 2 rings (SSSR count). The lowest BCUT2D eigenvalue weighted by Crippen LogP contribution is -2.27. The normalized spacial score (nSPS) is 20.9. The number of rotatable bonds is 1. The molecule has 0 aromatic heterocycles. The zero-order chi connectivity index (χ0) is 9.26. The number of hydrogen-bond donors (Lipinski definition) is 1. The van der Waals surface area contributed by atoms with Gasteiger partial charge in [-0.15, -0.1) is 0 Å². The maximum atomic E-state index is 5.20. The summed E-state index contributed by atoms with van der Waals surface area (Å²) in [7, 11) is 1.71. The third-order valence-electron chi connectivity index (χ3n) is 2.66. The summed E-state index contributed by atoms with van der Waals surface area (Å²) in [5.74, 6) is 0.966. The van der Waals surface area contributed by atoms with Crippen molar-refractivity contribution in [1.29, 1.82) is 0 Å². The van der Waals surface area contributed by atoms with Gasteiger partial charge in [0.2, 0.25) is 0 Å². The molecule has 1 heterocycles. The molecule has 1 aliphatic rings. The van der Waals surface area contributed by atoms with Crippen LogP contribution in [-0.2, 0) is 6.42 Å². The van der Waals surface area contributed by atoms with Gasteiger partial charge >= 0.3 is 0 Å². The highest BCUT2D eigenvalue weighted by Crippen LogP contribution is 2.25. The lowest BCUT2D eigenvalue weighted by molar-refractivity contribution is 0.412. The smallest absolute Gasteiger partial charge is 0.119 e. The molecule has 2 nitrogen and oxygen atoms in total. The summed E-state index contributed by atoms with van der Waals surface area (Å²) in [6.07, 6.45) is 1.11. The molecule has 1 aliphatic heterocycles. The van der Waals surface area contributed by atoms with Crippen molar-refractivity contribution < 1.29 is 4.74 Å². The van der Waals surface area contributed by atoms with Crippen molar-refractivity contribution >= 4 is 0 Å². The van der Waals surface area contributed by atoms with Gasteiger partial charge < -0.3 is 10.1 Å². The van der Waals surface area contributed by atoms with Crippen LogP contribution in [0.2, 0.25) is 0 Å². The molecule has 0 radical (unpaired) electrons. The first kappa shape index (κ1) is 8.57. The van der Waals surface area contributed by atoms with E-state index < -0.39 is 0 Å².